The Morgan fingerprint density at radius 3 is 2.35 bits per heavy atom. The van der Waals surface area contributed by atoms with Crippen LogP contribution < -0.4 is 24.8 Å². The van der Waals surface area contributed by atoms with Crippen molar-refractivity contribution in [1.29, 1.82) is 0 Å². The van der Waals surface area contributed by atoms with Crippen LogP contribution in [-0.4, -0.2) is 0 Å². The molecule has 0 nitrogen and oxygen atoms in total. The van der Waals surface area contributed by atoms with Crippen LogP contribution in [-0.2, 0) is 24.7 Å². The second-order valence-corrected chi connectivity index (χ2v) is 8.48. The van der Waals surface area contributed by atoms with Crippen LogP contribution >= 0.6 is 0 Å². The van der Waals surface area contributed by atoms with Crippen molar-refractivity contribution in [1.82, 2.24) is 0 Å². The molecular formula is C23H19Cl2Zr. The van der Waals surface area contributed by atoms with Crippen LogP contribution in [0.5, 0.6) is 0 Å². The standard InChI is InChI=1S/C23H19.2ClH.Zr/c1-2-9-16(8-1)18-14-7-15-21-19-12-5-6-13-20(19)22(23(18)21)17-10-3-4-11-17;;;/h1,3,5-8,10,12-15,17,22H,2,4,11H2;2*1H;/q;;;+2/p-2. The van der Waals surface area contributed by atoms with Crippen LogP contribution in [0.15, 0.2) is 70.0 Å². The molecule has 3 aliphatic carbocycles. The normalized spacial score (nSPS) is 22.1. The van der Waals surface area contributed by atoms with Gasteiger partial charge < -0.3 is 24.8 Å². The first-order valence-electron chi connectivity index (χ1n) is 8.85. The van der Waals surface area contributed by atoms with Crippen molar-refractivity contribution in [2.75, 3.05) is 0 Å². The second-order valence-electron chi connectivity index (χ2n) is 7.00. The fraction of sp³-hybridized carbons (Fsp3) is 0.217. The van der Waals surface area contributed by atoms with Crippen molar-refractivity contribution < 1.29 is 49.5 Å². The molecule has 0 bridgehead atoms. The minimum atomic E-state index is 0. The SMILES string of the molecule is [Cl-].[Cl-].[Zr+2][C]1=C(c2cccc3c2C(C2C=CCC2)c2ccccc2-3)C=CC1. The van der Waals surface area contributed by atoms with Gasteiger partial charge in [-0.15, -0.1) is 0 Å². The molecule has 3 heteroatoms. The van der Waals surface area contributed by atoms with Crippen LogP contribution in [0.1, 0.15) is 41.9 Å². The zero-order chi connectivity index (χ0) is 16.1. The summed E-state index contributed by atoms with van der Waals surface area (Å²) in [6, 6.07) is 16.0. The van der Waals surface area contributed by atoms with E-state index in [1.807, 2.05) is 0 Å². The zero-order valence-electron chi connectivity index (χ0n) is 14.4. The summed E-state index contributed by atoms with van der Waals surface area (Å²) in [5.41, 5.74) is 9.00. The monoisotopic (exact) mass is 455 g/mol. The quantitative estimate of drug-likeness (QED) is 0.557. The van der Waals surface area contributed by atoms with Crippen LogP contribution in [0.2, 0.25) is 0 Å². The van der Waals surface area contributed by atoms with E-state index >= 15 is 0 Å². The minimum absolute atomic E-state index is 0. The number of allylic oxidation sites excluding steroid dienone is 6. The van der Waals surface area contributed by atoms with Gasteiger partial charge in [0.25, 0.3) is 0 Å². The number of hydrogen-bond donors (Lipinski definition) is 0. The molecule has 2 aromatic carbocycles. The van der Waals surface area contributed by atoms with Crippen LogP contribution in [0.25, 0.3) is 16.7 Å². The molecule has 0 aliphatic heterocycles. The Morgan fingerprint density at radius 1 is 0.846 bits per heavy atom. The van der Waals surface area contributed by atoms with Crippen LogP contribution in [0, 0.1) is 5.92 Å². The first kappa shape index (κ1) is 19.9. The van der Waals surface area contributed by atoms with Crippen molar-refractivity contribution in [3.8, 4) is 11.1 Å². The molecule has 3 aliphatic rings. The van der Waals surface area contributed by atoms with Gasteiger partial charge in [-0.05, 0) is 0 Å². The van der Waals surface area contributed by atoms with E-state index in [1.54, 1.807) is 33.6 Å². The molecule has 2 aromatic rings. The Labute approximate surface area is 183 Å². The molecule has 0 amide bonds. The summed E-state index contributed by atoms with van der Waals surface area (Å²) in [5, 5.41) is 0. The van der Waals surface area contributed by atoms with Gasteiger partial charge in [-0.3, -0.25) is 0 Å². The van der Waals surface area contributed by atoms with Gasteiger partial charge in [0.15, 0.2) is 0 Å². The number of hydrogen-bond acceptors (Lipinski definition) is 0. The average Bonchev–Trinajstić information content (AvgIpc) is 3.32. The van der Waals surface area contributed by atoms with Crippen molar-refractivity contribution in [3.63, 3.8) is 0 Å². The van der Waals surface area contributed by atoms with Gasteiger partial charge in [0.2, 0.25) is 0 Å². The molecule has 5 rings (SSSR count). The van der Waals surface area contributed by atoms with E-state index in [4.69, 9.17) is 0 Å². The van der Waals surface area contributed by atoms with Crippen molar-refractivity contribution in [2.45, 2.75) is 25.2 Å². The summed E-state index contributed by atoms with van der Waals surface area (Å²) in [6.07, 6.45) is 13.2. The first-order chi connectivity index (χ1) is 11.8. The molecule has 26 heavy (non-hydrogen) atoms. The number of halogens is 2. The fourth-order valence-corrected chi connectivity index (χ4v) is 5.50. The third kappa shape index (κ3) is 3.03. The molecule has 0 saturated carbocycles. The first-order valence-corrected chi connectivity index (χ1v) is 10.1. The van der Waals surface area contributed by atoms with Crippen molar-refractivity contribution >= 4 is 5.57 Å². The van der Waals surface area contributed by atoms with E-state index in [-0.39, 0.29) is 24.8 Å². The van der Waals surface area contributed by atoms with Gasteiger partial charge >= 0.3 is 159 Å². The summed E-state index contributed by atoms with van der Waals surface area (Å²) >= 11 is 1.55. The molecule has 0 saturated heterocycles. The third-order valence-electron chi connectivity index (χ3n) is 5.70. The van der Waals surface area contributed by atoms with Crippen molar-refractivity contribution in [2.24, 2.45) is 5.92 Å². The van der Waals surface area contributed by atoms with E-state index in [0.29, 0.717) is 11.8 Å². The molecule has 0 spiro atoms. The number of rotatable bonds is 2. The van der Waals surface area contributed by atoms with Gasteiger partial charge in [0.05, 0.1) is 0 Å². The Kier molecular flexibility index (Phi) is 6.12. The summed E-state index contributed by atoms with van der Waals surface area (Å²) < 4.78 is 1.59. The van der Waals surface area contributed by atoms with Gasteiger partial charge in [-0.1, -0.05) is 0 Å². The summed E-state index contributed by atoms with van der Waals surface area (Å²) in [5.74, 6) is 1.17. The third-order valence-corrected chi connectivity index (χ3v) is 6.87. The van der Waals surface area contributed by atoms with E-state index in [9.17, 15) is 0 Å². The van der Waals surface area contributed by atoms with E-state index in [2.05, 4.69) is 66.8 Å². The molecule has 0 heterocycles. The Hall–Kier alpha value is -0.877. The summed E-state index contributed by atoms with van der Waals surface area (Å²) in [4.78, 5) is 0. The number of benzene rings is 2. The van der Waals surface area contributed by atoms with Gasteiger partial charge in [-0.25, -0.2) is 0 Å². The summed E-state index contributed by atoms with van der Waals surface area (Å²) in [7, 11) is 0. The predicted molar refractivity (Wildman–Crippen MR) is 96.3 cm³/mol. The predicted octanol–water partition coefficient (Wildman–Crippen LogP) is -0.00910. The Morgan fingerprint density at radius 2 is 1.62 bits per heavy atom. The maximum atomic E-state index is 2.46. The van der Waals surface area contributed by atoms with E-state index in [0.717, 1.165) is 6.42 Å². The Balaban J connectivity index is 0.000000980. The fourth-order valence-electron chi connectivity index (χ4n) is 4.67. The molecule has 129 valence electrons. The molecule has 2 unspecified atom stereocenters. The molecular weight excluding hydrogens is 438 g/mol. The molecule has 0 aromatic heterocycles. The molecule has 2 atom stereocenters. The van der Waals surface area contributed by atoms with E-state index < -0.39 is 0 Å². The Bertz CT molecular complexity index is 924. The topological polar surface area (TPSA) is 0 Å². The zero-order valence-corrected chi connectivity index (χ0v) is 18.4. The molecule has 0 N–H and O–H groups in total. The molecule has 0 radical (unpaired) electrons. The maximum absolute atomic E-state index is 2.46. The number of fused-ring (bicyclic) bond motifs is 3. The van der Waals surface area contributed by atoms with Gasteiger partial charge in [0.1, 0.15) is 0 Å². The van der Waals surface area contributed by atoms with E-state index in [1.165, 1.54) is 40.7 Å². The molecule has 0 fully saturated rings. The van der Waals surface area contributed by atoms with Crippen LogP contribution in [0.4, 0.5) is 0 Å². The van der Waals surface area contributed by atoms with Gasteiger partial charge in [-0.2, -0.15) is 0 Å². The van der Waals surface area contributed by atoms with Crippen molar-refractivity contribution in [3.05, 3.63) is 86.7 Å². The average molecular weight is 458 g/mol. The second kappa shape index (κ2) is 8.01. The summed E-state index contributed by atoms with van der Waals surface area (Å²) in [6.45, 7) is 0. The van der Waals surface area contributed by atoms with Gasteiger partial charge in [0, 0.05) is 0 Å². The van der Waals surface area contributed by atoms with Crippen LogP contribution in [0.3, 0.4) is 0 Å².